The summed E-state index contributed by atoms with van der Waals surface area (Å²) in [6.45, 7) is 8.76. The van der Waals surface area contributed by atoms with Crippen molar-refractivity contribution in [3.05, 3.63) is 53.6 Å². The van der Waals surface area contributed by atoms with E-state index < -0.39 is 0 Å². The third kappa shape index (κ3) is 2.98. The minimum Gasteiger partial charge on any atom is -0.398 e. The largest absolute Gasteiger partial charge is 0.398 e. The first-order valence-electron chi connectivity index (χ1n) is 6.98. The van der Waals surface area contributed by atoms with E-state index in [0.717, 1.165) is 5.69 Å². The molecule has 1 nitrogen and oxygen atoms in total. The SMILES string of the molecule is CC(C)c1ccc(-c2ccc(C(C)C)c(N)c2)cc1. The fraction of sp³-hybridized carbons (Fsp3) is 0.333. The highest BCUT2D eigenvalue weighted by Crippen LogP contribution is 2.28. The average molecular weight is 253 g/mol. The third-order valence-corrected chi connectivity index (χ3v) is 3.62. The lowest BCUT2D eigenvalue weighted by molar-refractivity contribution is 0.867. The van der Waals surface area contributed by atoms with E-state index in [-0.39, 0.29) is 0 Å². The van der Waals surface area contributed by atoms with Crippen molar-refractivity contribution in [3.8, 4) is 11.1 Å². The first-order valence-corrected chi connectivity index (χ1v) is 6.98. The molecule has 2 rings (SSSR count). The van der Waals surface area contributed by atoms with Crippen LogP contribution in [0.4, 0.5) is 5.69 Å². The topological polar surface area (TPSA) is 26.0 Å². The van der Waals surface area contributed by atoms with Crippen LogP contribution in [0.15, 0.2) is 42.5 Å². The molecular formula is C18H23N. The van der Waals surface area contributed by atoms with Gasteiger partial charge in [0.2, 0.25) is 0 Å². The number of nitrogens with two attached hydrogens (primary N) is 1. The summed E-state index contributed by atoms with van der Waals surface area (Å²) in [6, 6.07) is 15.2. The fourth-order valence-corrected chi connectivity index (χ4v) is 2.34. The molecule has 0 amide bonds. The summed E-state index contributed by atoms with van der Waals surface area (Å²) in [5.41, 5.74) is 12.0. The van der Waals surface area contributed by atoms with Gasteiger partial charge in [-0.1, -0.05) is 64.1 Å². The number of hydrogen-bond donors (Lipinski definition) is 1. The molecule has 2 aromatic carbocycles. The minimum absolute atomic E-state index is 0.470. The Morgan fingerprint density at radius 3 is 1.79 bits per heavy atom. The summed E-state index contributed by atoms with van der Waals surface area (Å²) in [7, 11) is 0. The number of benzene rings is 2. The van der Waals surface area contributed by atoms with Crippen LogP contribution in [0.25, 0.3) is 11.1 Å². The zero-order valence-electron chi connectivity index (χ0n) is 12.3. The maximum absolute atomic E-state index is 6.14. The van der Waals surface area contributed by atoms with Crippen LogP contribution in [0.5, 0.6) is 0 Å². The number of hydrogen-bond acceptors (Lipinski definition) is 1. The molecule has 0 unspecified atom stereocenters. The van der Waals surface area contributed by atoms with Gasteiger partial charge in [-0.2, -0.15) is 0 Å². The van der Waals surface area contributed by atoms with Crippen molar-refractivity contribution < 1.29 is 0 Å². The van der Waals surface area contributed by atoms with Gasteiger partial charge in [0.15, 0.2) is 0 Å². The van der Waals surface area contributed by atoms with Gasteiger partial charge in [-0.15, -0.1) is 0 Å². The van der Waals surface area contributed by atoms with Gasteiger partial charge in [-0.05, 0) is 40.2 Å². The van der Waals surface area contributed by atoms with E-state index in [1.54, 1.807) is 0 Å². The van der Waals surface area contributed by atoms with Gasteiger partial charge >= 0.3 is 0 Å². The Hall–Kier alpha value is -1.76. The van der Waals surface area contributed by atoms with E-state index in [2.05, 4.69) is 70.2 Å². The molecule has 0 bridgehead atoms. The number of nitrogen functional groups attached to an aromatic ring is 1. The minimum atomic E-state index is 0.470. The van der Waals surface area contributed by atoms with Crippen LogP contribution >= 0.6 is 0 Å². The lowest BCUT2D eigenvalue weighted by Crippen LogP contribution is -1.96. The van der Waals surface area contributed by atoms with Gasteiger partial charge in [0, 0.05) is 5.69 Å². The molecule has 0 saturated heterocycles. The Kier molecular flexibility index (Phi) is 3.94. The summed E-state index contributed by atoms with van der Waals surface area (Å²) >= 11 is 0. The van der Waals surface area contributed by atoms with Crippen LogP contribution in [-0.2, 0) is 0 Å². The maximum Gasteiger partial charge on any atom is 0.0355 e. The molecule has 1 heteroatoms. The first kappa shape index (κ1) is 13.7. The van der Waals surface area contributed by atoms with Gasteiger partial charge in [0.25, 0.3) is 0 Å². The van der Waals surface area contributed by atoms with Gasteiger partial charge in [0.1, 0.15) is 0 Å². The van der Waals surface area contributed by atoms with Gasteiger partial charge < -0.3 is 5.73 Å². The van der Waals surface area contributed by atoms with Gasteiger partial charge in [-0.3, -0.25) is 0 Å². The Morgan fingerprint density at radius 2 is 1.32 bits per heavy atom. The van der Waals surface area contributed by atoms with Crippen LogP contribution in [0.2, 0.25) is 0 Å². The molecular weight excluding hydrogens is 230 g/mol. The van der Waals surface area contributed by atoms with Crippen LogP contribution in [0.1, 0.15) is 50.7 Å². The summed E-state index contributed by atoms with van der Waals surface area (Å²) in [4.78, 5) is 0. The molecule has 0 atom stereocenters. The van der Waals surface area contributed by atoms with Crippen molar-refractivity contribution in [1.29, 1.82) is 0 Å². The van der Waals surface area contributed by atoms with Gasteiger partial charge in [-0.25, -0.2) is 0 Å². The summed E-state index contributed by atoms with van der Waals surface area (Å²) in [5, 5.41) is 0. The predicted octanol–water partition coefficient (Wildman–Crippen LogP) is 5.18. The van der Waals surface area contributed by atoms with Crippen LogP contribution < -0.4 is 5.73 Å². The summed E-state index contributed by atoms with van der Waals surface area (Å²) < 4.78 is 0. The quantitative estimate of drug-likeness (QED) is 0.749. The smallest absolute Gasteiger partial charge is 0.0355 e. The molecule has 2 aromatic rings. The molecule has 0 radical (unpaired) electrons. The number of rotatable bonds is 3. The fourth-order valence-electron chi connectivity index (χ4n) is 2.34. The van der Waals surface area contributed by atoms with E-state index >= 15 is 0 Å². The molecule has 0 saturated carbocycles. The van der Waals surface area contributed by atoms with E-state index in [1.165, 1.54) is 22.3 Å². The number of anilines is 1. The molecule has 100 valence electrons. The van der Waals surface area contributed by atoms with Gasteiger partial charge in [0.05, 0.1) is 0 Å². The standard InChI is InChI=1S/C18H23N/c1-12(2)14-5-7-15(8-6-14)16-9-10-17(13(3)4)18(19)11-16/h5-13H,19H2,1-4H3. The lowest BCUT2D eigenvalue weighted by Gasteiger charge is -2.12. The summed E-state index contributed by atoms with van der Waals surface area (Å²) in [6.07, 6.45) is 0. The monoisotopic (exact) mass is 253 g/mol. The Labute approximate surface area is 116 Å². The van der Waals surface area contributed by atoms with Crippen LogP contribution in [0, 0.1) is 0 Å². The summed E-state index contributed by atoms with van der Waals surface area (Å²) in [5.74, 6) is 1.04. The maximum atomic E-state index is 6.14. The molecule has 0 aliphatic carbocycles. The molecule has 0 aromatic heterocycles. The van der Waals surface area contributed by atoms with Crippen molar-refractivity contribution in [3.63, 3.8) is 0 Å². The Balaban J connectivity index is 2.34. The van der Waals surface area contributed by atoms with Crippen molar-refractivity contribution >= 4 is 5.69 Å². The van der Waals surface area contributed by atoms with E-state index in [4.69, 9.17) is 5.73 Å². The highest BCUT2D eigenvalue weighted by molar-refractivity contribution is 5.69. The second-order valence-electron chi connectivity index (χ2n) is 5.78. The van der Waals surface area contributed by atoms with Crippen molar-refractivity contribution in [2.24, 2.45) is 0 Å². The molecule has 2 N–H and O–H groups in total. The van der Waals surface area contributed by atoms with Crippen LogP contribution in [-0.4, -0.2) is 0 Å². The second kappa shape index (κ2) is 5.48. The average Bonchev–Trinajstić information content (AvgIpc) is 2.38. The zero-order chi connectivity index (χ0) is 14.0. The first-order chi connectivity index (χ1) is 8.99. The van der Waals surface area contributed by atoms with Crippen LogP contribution in [0.3, 0.4) is 0 Å². The van der Waals surface area contributed by atoms with E-state index in [0.29, 0.717) is 11.8 Å². The molecule has 0 aliphatic rings. The molecule has 19 heavy (non-hydrogen) atoms. The Morgan fingerprint density at radius 1 is 0.737 bits per heavy atom. The third-order valence-electron chi connectivity index (χ3n) is 3.62. The zero-order valence-corrected chi connectivity index (χ0v) is 12.3. The Bertz CT molecular complexity index is 550. The normalized spacial score (nSPS) is 11.3. The van der Waals surface area contributed by atoms with E-state index in [9.17, 15) is 0 Å². The molecule has 0 fully saturated rings. The molecule has 0 aliphatic heterocycles. The molecule has 0 heterocycles. The highest BCUT2D eigenvalue weighted by Gasteiger charge is 2.06. The molecule has 0 spiro atoms. The predicted molar refractivity (Wildman–Crippen MR) is 84.5 cm³/mol. The second-order valence-corrected chi connectivity index (χ2v) is 5.78. The van der Waals surface area contributed by atoms with Crippen molar-refractivity contribution in [1.82, 2.24) is 0 Å². The van der Waals surface area contributed by atoms with Crippen molar-refractivity contribution in [2.75, 3.05) is 5.73 Å². The van der Waals surface area contributed by atoms with Crippen molar-refractivity contribution in [2.45, 2.75) is 39.5 Å². The highest BCUT2D eigenvalue weighted by atomic mass is 14.6. The lowest BCUT2D eigenvalue weighted by atomic mass is 9.95. The van der Waals surface area contributed by atoms with E-state index in [1.807, 2.05) is 0 Å².